The number of carbonyl (C=O) groups excluding carboxylic acids is 2. The van der Waals surface area contributed by atoms with Crippen molar-refractivity contribution < 1.29 is 27.5 Å². The smallest absolute Gasteiger partial charge is 0.413 e. The lowest BCUT2D eigenvalue weighted by Gasteiger charge is -2.06. The Balaban J connectivity index is 3.82. The van der Waals surface area contributed by atoms with E-state index in [0.29, 0.717) is 0 Å². The van der Waals surface area contributed by atoms with Crippen molar-refractivity contribution in [2.75, 3.05) is 6.61 Å². The molecular formula is C6H8F3NO3. The van der Waals surface area contributed by atoms with Gasteiger partial charge in [-0.05, 0) is 6.92 Å². The summed E-state index contributed by atoms with van der Waals surface area (Å²) in [5, 5.41) is 1.42. The van der Waals surface area contributed by atoms with Crippen LogP contribution in [0.25, 0.3) is 0 Å². The Labute approximate surface area is 72.0 Å². The van der Waals surface area contributed by atoms with Crippen LogP contribution in [-0.2, 0) is 9.53 Å². The van der Waals surface area contributed by atoms with Gasteiger partial charge in [0.1, 0.15) is 6.42 Å². The quantitative estimate of drug-likeness (QED) is 0.727. The first-order valence-electron chi connectivity index (χ1n) is 3.38. The molecule has 7 heteroatoms. The van der Waals surface area contributed by atoms with Crippen LogP contribution in [0.2, 0.25) is 0 Å². The fraction of sp³-hybridized carbons (Fsp3) is 0.667. The molecule has 0 radical (unpaired) electrons. The van der Waals surface area contributed by atoms with Crippen LogP contribution in [0.4, 0.5) is 18.0 Å². The van der Waals surface area contributed by atoms with Crippen molar-refractivity contribution in [3.05, 3.63) is 0 Å². The Bertz CT molecular complexity index is 202. The normalized spacial score (nSPS) is 10.8. The minimum atomic E-state index is -4.61. The molecule has 0 unspecified atom stereocenters. The second kappa shape index (κ2) is 4.68. The van der Waals surface area contributed by atoms with Gasteiger partial charge in [0.15, 0.2) is 0 Å². The molecule has 4 nitrogen and oxygen atoms in total. The number of ether oxygens (including phenoxy) is 1. The number of alkyl carbamates (subject to hydrolysis) is 1. The van der Waals surface area contributed by atoms with Gasteiger partial charge in [-0.15, -0.1) is 0 Å². The molecule has 0 atom stereocenters. The van der Waals surface area contributed by atoms with Crippen molar-refractivity contribution in [3.8, 4) is 0 Å². The van der Waals surface area contributed by atoms with E-state index >= 15 is 0 Å². The topological polar surface area (TPSA) is 55.4 Å². The number of amides is 2. The zero-order valence-corrected chi connectivity index (χ0v) is 6.77. The molecule has 0 saturated carbocycles. The Morgan fingerprint density at radius 1 is 1.38 bits per heavy atom. The van der Waals surface area contributed by atoms with Crippen LogP contribution in [0.5, 0.6) is 0 Å². The van der Waals surface area contributed by atoms with Gasteiger partial charge in [0.2, 0.25) is 5.91 Å². The van der Waals surface area contributed by atoms with Crippen molar-refractivity contribution in [1.82, 2.24) is 5.32 Å². The minimum Gasteiger partial charge on any atom is -0.450 e. The van der Waals surface area contributed by atoms with Gasteiger partial charge in [0.05, 0.1) is 6.61 Å². The van der Waals surface area contributed by atoms with Crippen molar-refractivity contribution in [1.29, 1.82) is 0 Å². The van der Waals surface area contributed by atoms with Gasteiger partial charge in [-0.25, -0.2) is 4.79 Å². The van der Waals surface area contributed by atoms with Crippen LogP contribution in [0.15, 0.2) is 0 Å². The number of carbonyl (C=O) groups is 2. The van der Waals surface area contributed by atoms with E-state index in [1.54, 1.807) is 0 Å². The predicted octanol–water partition coefficient (Wildman–Crippen LogP) is 1.21. The van der Waals surface area contributed by atoms with Gasteiger partial charge in [0, 0.05) is 0 Å². The zero-order chi connectivity index (χ0) is 10.5. The zero-order valence-electron chi connectivity index (χ0n) is 6.77. The van der Waals surface area contributed by atoms with Gasteiger partial charge in [-0.3, -0.25) is 10.1 Å². The molecule has 0 aliphatic carbocycles. The first-order chi connectivity index (χ1) is 5.85. The number of imide groups is 1. The van der Waals surface area contributed by atoms with Gasteiger partial charge < -0.3 is 4.74 Å². The Kier molecular flexibility index (Phi) is 4.22. The maximum atomic E-state index is 11.5. The number of hydrogen-bond acceptors (Lipinski definition) is 3. The molecule has 2 amide bonds. The number of hydrogen-bond donors (Lipinski definition) is 1. The highest BCUT2D eigenvalue weighted by atomic mass is 19.4. The van der Waals surface area contributed by atoms with Crippen LogP contribution in [0, 0.1) is 0 Å². The number of halogens is 3. The monoisotopic (exact) mass is 199 g/mol. The van der Waals surface area contributed by atoms with Crippen molar-refractivity contribution in [3.63, 3.8) is 0 Å². The van der Waals surface area contributed by atoms with Crippen LogP contribution >= 0.6 is 0 Å². The number of alkyl halides is 3. The van der Waals surface area contributed by atoms with E-state index < -0.39 is 24.6 Å². The largest absolute Gasteiger partial charge is 0.450 e. The molecule has 0 aliphatic rings. The summed E-state index contributed by atoms with van der Waals surface area (Å²) >= 11 is 0. The maximum Gasteiger partial charge on any atom is 0.413 e. The molecule has 0 aromatic heterocycles. The van der Waals surface area contributed by atoms with E-state index in [-0.39, 0.29) is 6.61 Å². The molecule has 0 spiro atoms. The Morgan fingerprint density at radius 2 is 1.92 bits per heavy atom. The molecule has 0 aromatic carbocycles. The Hall–Kier alpha value is -1.27. The summed E-state index contributed by atoms with van der Waals surface area (Å²) in [5.41, 5.74) is 0. The summed E-state index contributed by atoms with van der Waals surface area (Å²) in [5.74, 6) is -1.43. The molecule has 0 heterocycles. The SMILES string of the molecule is CCOC(=O)NC(=O)CC(F)(F)F. The van der Waals surface area contributed by atoms with E-state index in [9.17, 15) is 22.8 Å². The summed E-state index contributed by atoms with van der Waals surface area (Å²) in [6.07, 6.45) is -7.47. The van der Waals surface area contributed by atoms with Gasteiger partial charge >= 0.3 is 12.3 Å². The maximum absolute atomic E-state index is 11.5. The summed E-state index contributed by atoms with van der Waals surface area (Å²) in [7, 11) is 0. The molecule has 0 fully saturated rings. The first kappa shape index (κ1) is 11.7. The first-order valence-corrected chi connectivity index (χ1v) is 3.38. The summed E-state index contributed by atoms with van der Waals surface area (Å²) in [4.78, 5) is 20.8. The van der Waals surface area contributed by atoms with E-state index in [1.807, 2.05) is 0 Å². The second-order valence-corrected chi connectivity index (χ2v) is 2.06. The van der Waals surface area contributed by atoms with Gasteiger partial charge in [-0.1, -0.05) is 0 Å². The molecule has 0 rings (SSSR count). The molecular weight excluding hydrogens is 191 g/mol. The lowest BCUT2D eigenvalue weighted by atomic mass is 10.4. The fourth-order valence-corrected chi connectivity index (χ4v) is 0.507. The molecule has 0 aromatic rings. The molecule has 0 aliphatic heterocycles. The summed E-state index contributed by atoms with van der Waals surface area (Å²) in [6.45, 7) is 1.46. The molecule has 13 heavy (non-hydrogen) atoms. The Morgan fingerprint density at radius 3 is 2.31 bits per heavy atom. The van der Waals surface area contributed by atoms with Crippen LogP contribution < -0.4 is 5.32 Å². The van der Waals surface area contributed by atoms with E-state index in [1.165, 1.54) is 12.2 Å². The molecule has 0 saturated heterocycles. The second-order valence-electron chi connectivity index (χ2n) is 2.06. The van der Waals surface area contributed by atoms with Crippen molar-refractivity contribution >= 4 is 12.0 Å². The summed E-state index contributed by atoms with van der Waals surface area (Å²) in [6, 6.07) is 0. The highest BCUT2D eigenvalue weighted by Crippen LogP contribution is 2.18. The van der Waals surface area contributed by atoms with E-state index in [0.717, 1.165) is 0 Å². The van der Waals surface area contributed by atoms with Crippen LogP contribution in [0.3, 0.4) is 0 Å². The van der Waals surface area contributed by atoms with E-state index in [4.69, 9.17) is 0 Å². The summed E-state index contributed by atoms with van der Waals surface area (Å²) < 4.78 is 38.8. The van der Waals surface area contributed by atoms with Crippen molar-refractivity contribution in [2.24, 2.45) is 0 Å². The average molecular weight is 199 g/mol. The lowest BCUT2D eigenvalue weighted by molar-refractivity contribution is -0.153. The lowest BCUT2D eigenvalue weighted by Crippen LogP contribution is -2.34. The van der Waals surface area contributed by atoms with Crippen LogP contribution in [0.1, 0.15) is 13.3 Å². The number of rotatable bonds is 2. The highest BCUT2D eigenvalue weighted by molar-refractivity contribution is 5.91. The standard InChI is InChI=1S/C6H8F3NO3/c1-2-13-5(12)10-4(11)3-6(7,8)9/h2-3H2,1H3,(H,10,11,12). The molecule has 76 valence electrons. The van der Waals surface area contributed by atoms with Crippen LogP contribution in [-0.4, -0.2) is 24.8 Å². The van der Waals surface area contributed by atoms with Gasteiger partial charge in [-0.2, -0.15) is 13.2 Å². The van der Waals surface area contributed by atoms with E-state index in [2.05, 4.69) is 4.74 Å². The predicted molar refractivity (Wildman–Crippen MR) is 35.8 cm³/mol. The molecule has 0 bridgehead atoms. The third-order valence-electron chi connectivity index (χ3n) is 0.878. The fourth-order valence-electron chi connectivity index (χ4n) is 0.507. The third-order valence-corrected chi connectivity index (χ3v) is 0.878. The van der Waals surface area contributed by atoms with Crippen molar-refractivity contribution in [2.45, 2.75) is 19.5 Å². The minimum absolute atomic E-state index is 0.00880. The third kappa shape index (κ3) is 7.10. The number of nitrogens with one attached hydrogen (secondary N) is 1. The van der Waals surface area contributed by atoms with Gasteiger partial charge in [0.25, 0.3) is 0 Å². The molecule has 1 N–H and O–H groups in total. The highest BCUT2D eigenvalue weighted by Gasteiger charge is 2.31. The average Bonchev–Trinajstić information content (AvgIpc) is 1.81.